The highest BCUT2D eigenvalue weighted by molar-refractivity contribution is 9.11. The van der Waals surface area contributed by atoms with Crippen LogP contribution in [-0.2, 0) is 29.3 Å². The number of ether oxygens (including phenoxy) is 2. The lowest BCUT2D eigenvalue weighted by molar-refractivity contribution is -0.129. The van der Waals surface area contributed by atoms with Gasteiger partial charge in [-0.2, -0.15) is 0 Å². The molecule has 3 aromatic rings. The second-order valence-corrected chi connectivity index (χ2v) is 8.39. The van der Waals surface area contributed by atoms with Crippen molar-refractivity contribution >= 4 is 43.5 Å². The number of carboxylic acid groups (broad SMARTS) is 1. The van der Waals surface area contributed by atoms with Crippen molar-refractivity contribution in [2.24, 2.45) is 5.16 Å². The molecule has 0 fully saturated rings. The Bertz CT molecular complexity index is 1090. The Hall–Kier alpha value is -2.84. The van der Waals surface area contributed by atoms with E-state index in [2.05, 4.69) is 37.0 Å². The van der Waals surface area contributed by atoms with Gasteiger partial charge in [0.05, 0.1) is 11.6 Å². The van der Waals surface area contributed by atoms with Crippen molar-refractivity contribution < 1.29 is 24.2 Å². The quantitative estimate of drug-likeness (QED) is 0.242. The third-order valence-electron chi connectivity index (χ3n) is 4.49. The first-order chi connectivity index (χ1) is 15.5. The summed E-state index contributed by atoms with van der Waals surface area (Å²) in [6.07, 6.45) is -0.00452. The molecule has 0 bridgehead atoms. The molecule has 0 radical (unpaired) electrons. The lowest BCUT2D eigenvalue weighted by Gasteiger charge is -2.17. The molecule has 0 aliphatic heterocycles. The molecule has 3 rings (SSSR count). The number of methoxy groups -OCH3 is 1. The van der Waals surface area contributed by atoms with Crippen molar-refractivity contribution in [3.63, 3.8) is 0 Å². The van der Waals surface area contributed by atoms with Gasteiger partial charge in [0.15, 0.2) is 11.5 Å². The van der Waals surface area contributed by atoms with Crippen LogP contribution in [-0.4, -0.2) is 23.9 Å². The van der Waals surface area contributed by atoms with Crippen LogP contribution < -0.4 is 9.47 Å². The lowest BCUT2D eigenvalue weighted by Crippen LogP contribution is -2.17. The van der Waals surface area contributed by atoms with Gasteiger partial charge in [0.2, 0.25) is 0 Å². The van der Waals surface area contributed by atoms with Gasteiger partial charge in [0, 0.05) is 12.0 Å². The number of halogens is 2. The number of carboxylic acids is 1. The largest absolute Gasteiger partial charge is 0.494 e. The first-order valence-electron chi connectivity index (χ1n) is 9.67. The van der Waals surface area contributed by atoms with E-state index >= 15 is 0 Å². The molecule has 1 N–H and O–H groups in total. The minimum atomic E-state index is -1.17. The van der Waals surface area contributed by atoms with Crippen LogP contribution in [0.2, 0.25) is 0 Å². The Morgan fingerprint density at radius 1 is 0.938 bits per heavy atom. The fraction of sp³-hybridized carbons (Fsp3) is 0.167. The zero-order valence-corrected chi connectivity index (χ0v) is 20.4. The van der Waals surface area contributed by atoms with E-state index in [1.165, 1.54) is 0 Å². The molecule has 8 heteroatoms. The summed E-state index contributed by atoms with van der Waals surface area (Å²) in [6, 6.07) is 20.9. The van der Waals surface area contributed by atoms with Gasteiger partial charge in [-0.1, -0.05) is 65.8 Å². The van der Waals surface area contributed by atoms with Crippen LogP contribution in [0, 0.1) is 0 Å². The van der Waals surface area contributed by atoms with Crippen LogP contribution >= 0.6 is 31.9 Å². The van der Waals surface area contributed by atoms with Crippen LogP contribution in [0.1, 0.15) is 16.7 Å². The van der Waals surface area contributed by atoms with Gasteiger partial charge in [0.25, 0.3) is 0 Å². The molecule has 3 aromatic carbocycles. The van der Waals surface area contributed by atoms with Gasteiger partial charge in [-0.3, -0.25) is 0 Å². The average Bonchev–Trinajstić information content (AvgIpc) is 2.79. The summed E-state index contributed by atoms with van der Waals surface area (Å²) < 4.78 is 12.7. The standard InChI is InChI=1S/C24H21Br2NO5/c1-30-23-19(25)12-18(22(21(23)26)31-14-16-8-4-2-5-9-16)13-20(24(28)29)27-32-15-17-10-6-3-7-11-17/h2-12H,13-15H2,1H3,(H,28,29)/b27-20-. The molecule has 166 valence electrons. The highest BCUT2D eigenvalue weighted by atomic mass is 79.9. The summed E-state index contributed by atoms with van der Waals surface area (Å²) in [5.41, 5.74) is 2.34. The Morgan fingerprint density at radius 3 is 2.09 bits per heavy atom. The van der Waals surface area contributed by atoms with E-state index in [0.717, 1.165) is 11.1 Å². The van der Waals surface area contributed by atoms with E-state index < -0.39 is 5.97 Å². The molecule has 0 spiro atoms. The summed E-state index contributed by atoms with van der Waals surface area (Å²) >= 11 is 7.00. The van der Waals surface area contributed by atoms with Gasteiger partial charge in [0.1, 0.15) is 23.4 Å². The SMILES string of the molecule is COc1c(Br)cc(C/C(=N/OCc2ccccc2)C(=O)O)c(OCc2ccccc2)c1Br. The zero-order chi connectivity index (χ0) is 22.9. The van der Waals surface area contributed by atoms with Gasteiger partial charge in [-0.05, 0) is 49.1 Å². The monoisotopic (exact) mass is 561 g/mol. The van der Waals surface area contributed by atoms with Gasteiger partial charge in [-0.15, -0.1) is 0 Å². The van der Waals surface area contributed by atoms with Crippen LogP contribution in [0.3, 0.4) is 0 Å². The van der Waals surface area contributed by atoms with Gasteiger partial charge >= 0.3 is 5.97 Å². The van der Waals surface area contributed by atoms with Crippen LogP contribution in [0.15, 0.2) is 80.8 Å². The first kappa shape index (κ1) is 23.8. The molecule has 0 atom stereocenters. The Morgan fingerprint density at radius 2 is 1.53 bits per heavy atom. The number of benzene rings is 3. The molecule has 0 aliphatic rings. The van der Waals surface area contributed by atoms with Gasteiger partial charge in [-0.25, -0.2) is 4.79 Å². The molecular weight excluding hydrogens is 542 g/mol. The van der Waals surface area contributed by atoms with Crippen molar-refractivity contribution in [3.8, 4) is 11.5 Å². The van der Waals surface area contributed by atoms with Gasteiger partial charge < -0.3 is 19.4 Å². The van der Waals surface area contributed by atoms with E-state index in [-0.39, 0.29) is 18.7 Å². The fourth-order valence-corrected chi connectivity index (χ4v) is 4.57. The molecule has 0 heterocycles. The normalized spacial score (nSPS) is 11.2. The molecule has 0 aromatic heterocycles. The topological polar surface area (TPSA) is 77.4 Å². The number of aliphatic carboxylic acids is 1. The number of hydrogen-bond donors (Lipinski definition) is 1. The Kier molecular flexibility index (Phi) is 8.70. The third kappa shape index (κ3) is 6.34. The van der Waals surface area contributed by atoms with E-state index in [4.69, 9.17) is 14.3 Å². The molecule has 0 saturated carbocycles. The maximum absolute atomic E-state index is 11.8. The third-order valence-corrected chi connectivity index (χ3v) is 5.80. The summed E-state index contributed by atoms with van der Waals surface area (Å²) in [5.74, 6) is -0.146. The second-order valence-electron chi connectivity index (χ2n) is 6.75. The highest BCUT2D eigenvalue weighted by Gasteiger charge is 2.21. The molecule has 0 unspecified atom stereocenters. The molecule has 0 saturated heterocycles. The number of nitrogens with zero attached hydrogens (tertiary/aromatic N) is 1. The molecular formula is C24H21Br2NO5. The van der Waals surface area contributed by atoms with E-state index in [0.29, 0.717) is 32.6 Å². The van der Waals surface area contributed by atoms with E-state index in [1.54, 1.807) is 13.2 Å². The van der Waals surface area contributed by atoms with Crippen molar-refractivity contribution in [2.75, 3.05) is 7.11 Å². The fourth-order valence-electron chi connectivity index (χ4n) is 2.92. The minimum absolute atomic E-state index is 0.00452. The summed E-state index contributed by atoms with van der Waals surface area (Å²) in [5, 5.41) is 13.5. The van der Waals surface area contributed by atoms with Crippen molar-refractivity contribution in [3.05, 3.63) is 92.4 Å². The highest BCUT2D eigenvalue weighted by Crippen LogP contribution is 2.43. The predicted molar refractivity (Wildman–Crippen MR) is 129 cm³/mol. The van der Waals surface area contributed by atoms with E-state index in [1.807, 2.05) is 60.7 Å². The zero-order valence-electron chi connectivity index (χ0n) is 17.3. The van der Waals surface area contributed by atoms with E-state index in [9.17, 15) is 9.90 Å². The number of oxime groups is 1. The maximum Gasteiger partial charge on any atom is 0.354 e. The first-order valence-corrected chi connectivity index (χ1v) is 11.3. The van der Waals surface area contributed by atoms with Crippen LogP contribution in [0.5, 0.6) is 11.5 Å². The maximum atomic E-state index is 11.8. The van der Waals surface area contributed by atoms with Crippen LogP contribution in [0.25, 0.3) is 0 Å². The Labute approximate surface area is 203 Å². The smallest absolute Gasteiger partial charge is 0.354 e. The lowest BCUT2D eigenvalue weighted by atomic mass is 10.1. The van der Waals surface area contributed by atoms with Crippen molar-refractivity contribution in [1.29, 1.82) is 0 Å². The summed E-state index contributed by atoms with van der Waals surface area (Å²) in [4.78, 5) is 17.1. The number of hydrogen-bond acceptors (Lipinski definition) is 5. The van der Waals surface area contributed by atoms with Crippen molar-refractivity contribution in [2.45, 2.75) is 19.6 Å². The molecule has 32 heavy (non-hydrogen) atoms. The number of carbonyl (C=O) groups is 1. The Balaban J connectivity index is 1.86. The molecule has 0 aliphatic carbocycles. The second kappa shape index (κ2) is 11.7. The number of rotatable bonds is 10. The summed E-state index contributed by atoms with van der Waals surface area (Å²) in [7, 11) is 1.55. The molecule has 6 nitrogen and oxygen atoms in total. The average molecular weight is 563 g/mol. The molecule has 0 amide bonds. The summed E-state index contributed by atoms with van der Waals surface area (Å²) in [6.45, 7) is 0.478. The minimum Gasteiger partial charge on any atom is -0.494 e. The van der Waals surface area contributed by atoms with Crippen molar-refractivity contribution in [1.82, 2.24) is 0 Å². The predicted octanol–water partition coefficient (Wildman–Crippen LogP) is 6.00. The van der Waals surface area contributed by atoms with Crippen LogP contribution in [0.4, 0.5) is 0 Å².